The van der Waals surface area contributed by atoms with E-state index in [1.165, 1.54) is 35.3 Å². The minimum Gasteiger partial charge on any atom is -0.497 e. The van der Waals surface area contributed by atoms with Crippen molar-refractivity contribution in [3.63, 3.8) is 0 Å². The van der Waals surface area contributed by atoms with Crippen molar-refractivity contribution in [2.24, 2.45) is 5.92 Å². The quantitative estimate of drug-likeness (QED) is 0.782. The summed E-state index contributed by atoms with van der Waals surface area (Å²) >= 11 is 1.69. The van der Waals surface area contributed by atoms with E-state index in [0.29, 0.717) is 6.54 Å². The number of carbonyl (C=O) groups is 1. The third-order valence-corrected chi connectivity index (χ3v) is 7.33. The van der Waals surface area contributed by atoms with Crippen LogP contribution in [0.15, 0.2) is 30.3 Å². The van der Waals surface area contributed by atoms with Crippen LogP contribution in [-0.4, -0.2) is 37.6 Å². The SMILES string of the molecule is COc1ccc([C@@H](CNC(=O)c2cc3c(s2)CC[C@H](C)C3)N2CCCC2)cc1. The van der Waals surface area contributed by atoms with Crippen LogP contribution in [0.1, 0.15) is 57.9 Å². The Morgan fingerprint density at radius 2 is 2.04 bits per heavy atom. The monoisotopic (exact) mass is 398 g/mol. The van der Waals surface area contributed by atoms with Crippen LogP contribution in [-0.2, 0) is 12.8 Å². The van der Waals surface area contributed by atoms with Crippen molar-refractivity contribution in [2.75, 3.05) is 26.7 Å². The Balaban J connectivity index is 1.45. The number of nitrogens with zero attached hydrogens (tertiary/aromatic N) is 1. The molecule has 4 rings (SSSR count). The Morgan fingerprint density at radius 3 is 2.75 bits per heavy atom. The van der Waals surface area contributed by atoms with Gasteiger partial charge in [-0.05, 0) is 80.4 Å². The van der Waals surface area contributed by atoms with E-state index in [2.05, 4.69) is 35.3 Å². The first-order chi connectivity index (χ1) is 13.6. The van der Waals surface area contributed by atoms with Crippen molar-refractivity contribution in [1.82, 2.24) is 10.2 Å². The molecule has 4 nitrogen and oxygen atoms in total. The fourth-order valence-electron chi connectivity index (χ4n) is 4.43. The summed E-state index contributed by atoms with van der Waals surface area (Å²) in [6.07, 6.45) is 5.94. The molecule has 0 radical (unpaired) electrons. The molecule has 150 valence electrons. The fourth-order valence-corrected chi connectivity index (χ4v) is 5.56. The third-order valence-electron chi connectivity index (χ3n) is 6.09. The summed E-state index contributed by atoms with van der Waals surface area (Å²) in [6.45, 7) is 5.13. The highest BCUT2D eigenvalue weighted by Gasteiger charge is 2.25. The van der Waals surface area contributed by atoms with Crippen molar-refractivity contribution in [1.29, 1.82) is 0 Å². The maximum Gasteiger partial charge on any atom is 0.261 e. The van der Waals surface area contributed by atoms with Gasteiger partial charge in [0.1, 0.15) is 5.75 Å². The van der Waals surface area contributed by atoms with Crippen LogP contribution >= 0.6 is 11.3 Å². The highest BCUT2D eigenvalue weighted by molar-refractivity contribution is 7.14. The smallest absolute Gasteiger partial charge is 0.261 e. The molecule has 1 aromatic heterocycles. The number of aryl methyl sites for hydroxylation is 1. The number of methoxy groups -OCH3 is 1. The van der Waals surface area contributed by atoms with Crippen molar-refractivity contribution < 1.29 is 9.53 Å². The van der Waals surface area contributed by atoms with E-state index in [-0.39, 0.29) is 11.9 Å². The zero-order chi connectivity index (χ0) is 19.5. The molecule has 0 bridgehead atoms. The summed E-state index contributed by atoms with van der Waals surface area (Å²) in [7, 11) is 1.69. The lowest BCUT2D eigenvalue weighted by Crippen LogP contribution is -2.36. The van der Waals surface area contributed by atoms with Gasteiger partial charge < -0.3 is 10.1 Å². The number of hydrogen-bond acceptors (Lipinski definition) is 4. The van der Waals surface area contributed by atoms with Gasteiger partial charge in [0.2, 0.25) is 0 Å². The largest absolute Gasteiger partial charge is 0.497 e. The minimum absolute atomic E-state index is 0.0739. The molecule has 2 heterocycles. The lowest BCUT2D eigenvalue weighted by atomic mass is 9.90. The lowest BCUT2D eigenvalue weighted by molar-refractivity contribution is 0.0942. The number of hydrogen-bond donors (Lipinski definition) is 1. The van der Waals surface area contributed by atoms with Gasteiger partial charge in [-0.15, -0.1) is 11.3 Å². The van der Waals surface area contributed by atoms with Gasteiger partial charge in [0, 0.05) is 11.4 Å². The minimum atomic E-state index is 0.0739. The van der Waals surface area contributed by atoms with Gasteiger partial charge in [-0.25, -0.2) is 0 Å². The maximum absolute atomic E-state index is 12.9. The topological polar surface area (TPSA) is 41.6 Å². The molecule has 5 heteroatoms. The average molecular weight is 399 g/mol. The van der Waals surface area contributed by atoms with Gasteiger partial charge >= 0.3 is 0 Å². The second-order valence-electron chi connectivity index (χ2n) is 8.15. The Kier molecular flexibility index (Phi) is 6.02. The molecule has 1 amide bonds. The van der Waals surface area contributed by atoms with E-state index < -0.39 is 0 Å². The number of amides is 1. The molecule has 2 aromatic rings. The summed E-state index contributed by atoms with van der Waals surface area (Å²) in [6, 6.07) is 10.6. The van der Waals surface area contributed by atoms with Gasteiger partial charge in [-0.2, -0.15) is 0 Å². The summed E-state index contributed by atoms with van der Waals surface area (Å²) in [4.78, 5) is 17.6. The Morgan fingerprint density at radius 1 is 1.29 bits per heavy atom. The van der Waals surface area contributed by atoms with Crippen molar-refractivity contribution in [3.05, 3.63) is 51.2 Å². The second kappa shape index (κ2) is 8.66. The van der Waals surface area contributed by atoms with E-state index in [4.69, 9.17) is 4.74 Å². The molecule has 2 aliphatic rings. The molecule has 1 aromatic carbocycles. The van der Waals surface area contributed by atoms with Gasteiger partial charge in [-0.3, -0.25) is 9.69 Å². The first kappa shape index (κ1) is 19.5. The van der Waals surface area contributed by atoms with E-state index in [1.54, 1.807) is 18.4 Å². The number of rotatable bonds is 6. The van der Waals surface area contributed by atoms with E-state index in [1.807, 2.05) is 12.1 Å². The maximum atomic E-state index is 12.9. The second-order valence-corrected chi connectivity index (χ2v) is 9.29. The molecule has 1 aliphatic heterocycles. The Labute approximate surface area is 171 Å². The number of benzene rings is 1. The molecule has 1 N–H and O–H groups in total. The van der Waals surface area contributed by atoms with Crippen molar-refractivity contribution in [2.45, 2.75) is 45.1 Å². The molecule has 0 unspecified atom stereocenters. The first-order valence-electron chi connectivity index (χ1n) is 10.4. The number of nitrogens with one attached hydrogen (secondary N) is 1. The molecule has 1 saturated heterocycles. The predicted octanol–water partition coefficient (Wildman–Crippen LogP) is 4.45. The van der Waals surface area contributed by atoms with Crippen molar-refractivity contribution >= 4 is 17.2 Å². The Bertz CT molecular complexity index is 809. The highest BCUT2D eigenvalue weighted by Crippen LogP contribution is 2.32. The molecular formula is C23H30N2O2S. The first-order valence-corrected chi connectivity index (χ1v) is 11.2. The Hall–Kier alpha value is -1.85. The number of likely N-dealkylation sites (tertiary alicyclic amines) is 1. The average Bonchev–Trinajstić information content (AvgIpc) is 3.38. The van der Waals surface area contributed by atoms with Crippen LogP contribution in [0.4, 0.5) is 0 Å². The molecule has 28 heavy (non-hydrogen) atoms. The summed E-state index contributed by atoms with van der Waals surface area (Å²) in [5, 5.41) is 3.22. The van der Waals surface area contributed by atoms with Crippen LogP contribution in [0.3, 0.4) is 0 Å². The summed E-state index contributed by atoms with van der Waals surface area (Å²) in [5.41, 5.74) is 2.63. The number of thiophene rings is 1. The number of fused-ring (bicyclic) bond motifs is 1. The van der Waals surface area contributed by atoms with Gasteiger partial charge in [0.15, 0.2) is 0 Å². The van der Waals surface area contributed by atoms with E-state index in [0.717, 1.165) is 42.5 Å². The predicted molar refractivity (Wildman–Crippen MR) is 114 cm³/mol. The molecule has 1 fully saturated rings. The standard InChI is InChI=1S/C23H30N2O2S/c1-16-5-10-21-18(13-16)14-22(28-21)23(26)24-15-20(25-11-3-4-12-25)17-6-8-19(27-2)9-7-17/h6-9,14,16,20H,3-5,10-13,15H2,1-2H3,(H,24,26)/t16-,20+/m0/s1. The van der Waals surface area contributed by atoms with Gasteiger partial charge in [0.25, 0.3) is 5.91 Å². The van der Waals surface area contributed by atoms with Crippen LogP contribution in [0.2, 0.25) is 0 Å². The number of carbonyl (C=O) groups excluding carboxylic acids is 1. The van der Waals surface area contributed by atoms with Crippen LogP contribution in [0.25, 0.3) is 0 Å². The van der Waals surface area contributed by atoms with Crippen LogP contribution in [0, 0.1) is 5.92 Å². The molecular weight excluding hydrogens is 368 g/mol. The van der Waals surface area contributed by atoms with Gasteiger partial charge in [0.05, 0.1) is 18.0 Å². The van der Waals surface area contributed by atoms with Crippen LogP contribution in [0.5, 0.6) is 5.75 Å². The fraction of sp³-hybridized carbons (Fsp3) is 0.522. The molecule has 1 aliphatic carbocycles. The van der Waals surface area contributed by atoms with Crippen LogP contribution < -0.4 is 10.1 Å². The molecule has 0 spiro atoms. The third kappa shape index (κ3) is 4.26. The lowest BCUT2D eigenvalue weighted by Gasteiger charge is -2.28. The molecule has 2 atom stereocenters. The van der Waals surface area contributed by atoms with Crippen molar-refractivity contribution in [3.8, 4) is 5.75 Å². The normalized spacial score (nSPS) is 20.6. The zero-order valence-corrected chi connectivity index (χ0v) is 17.7. The van der Waals surface area contributed by atoms with E-state index >= 15 is 0 Å². The zero-order valence-electron chi connectivity index (χ0n) is 16.9. The summed E-state index contributed by atoms with van der Waals surface area (Å²) in [5.74, 6) is 1.67. The van der Waals surface area contributed by atoms with Gasteiger partial charge in [-0.1, -0.05) is 19.1 Å². The summed E-state index contributed by atoms with van der Waals surface area (Å²) < 4.78 is 5.30. The molecule has 0 saturated carbocycles. The number of ether oxygens (including phenoxy) is 1. The van der Waals surface area contributed by atoms with E-state index in [9.17, 15) is 4.79 Å². The highest BCUT2D eigenvalue weighted by atomic mass is 32.1.